The summed E-state index contributed by atoms with van der Waals surface area (Å²) in [4.78, 5) is 18.9. The van der Waals surface area contributed by atoms with Crippen molar-refractivity contribution in [3.63, 3.8) is 0 Å². The number of carbonyl (C=O) groups excluding carboxylic acids is 1. The van der Waals surface area contributed by atoms with Crippen molar-refractivity contribution in [2.24, 2.45) is 5.92 Å². The summed E-state index contributed by atoms with van der Waals surface area (Å²) in [6, 6.07) is 0.505. The first-order valence-electron chi connectivity index (χ1n) is 6.45. The van der Waals surface area contributed by atoms with Gasteiger partial charge in [0.05, 0.1) is 17.2 Å². The maximum atomic E-state index is 12.3. The van der Waals surface area contributed by atoms with Gasteiger partial charge in [0.15, 0.2) is 0 Å². The minimum Gasteiger partial charge on any atom is -0.334 e. The van der Waals surface area contributed by atoms with Crippen molar-refractivity contribution in [2.45, 2.75) is 51.6 Å². The van der Waals surface area contributed by atoms with Gasteiger partial charge >= 0.3 is 0 Å². The highest BCUT2D eigenvalue weighted by atomic mass is 32.1. The smallest absolute Gasteiger partial charge is 0.226 e. The van der Waals surface area contributed by atoms with Gasteiger partial charge in [0.2, 0.25) is 5.91 Å². The maximum Gasteiger partial charge on any atom is 0.226 e. The highest BCUT2D eigenvalue weighted by molar-refractivity contribution is 7.09. The average Bonchev–Trinajstić information content (AvgIpc) is 2.97. The quantitative estimate of drug-likeness (QED) is 0.823. The Hall–Kier alpha value is -0.900. The van der Waals surface area contributed by atoms with Crippen molar-refractivity contribution >= 4 is 17.2 Å². The molecule has 0 radical (unpaired) electrons. The number of aromatic nitrogens is 1. The van der Waals surface area contributed by atoms with E-state index in [4.69, 9.17) is 0 Å². The summed E-state index contributed by atoms with van der Waals surface area (Å²) in [5.74, 6) is 0.694. The molecule has 1 aromatic rings. The predicted octanol–water partition coefficient (Wildman–Crippen LogP) is 2.74. The van der Waals surface area contributed by atoms with E-state index in [0.717, 1.165) is 30.1 Å². The first-order chi connectivity index (χ1) is 8.24. The van der Waals surface area contributed by atoms with Crippen molar-refractivity contribution in [3.05, 3.63) is 16.1 Å². The van der Waals surface area contributed by atoms with Crippen LogP contribution in [0.15, 0.2) is 5.38 Å². The largest absolute Gasteiger partial charge is 0.334 e. The number of rotatable bonds is 4. The van der Waals surface area contributed by atoms with Gasteiger partial charge in [-0.15, -0.1) is 11.3 Å². The molecule has 0 aromatic carbocycles. The first kappa shape index (κ1) is 11.2. The number of amides is 1. The number of hydrogen-bond acceptors (Lipinski definition) is 3. The zero-order valence-electron chi connectivity index (χ0n) is 10.2. The highest BCUT2D eigenvalue weighted by Crippen LogP contribution is 2.34. The van der Waals surface area contributed by atoms with Gasteiger partial charge in [-0.05, 0) is 32.6 Å². The SMILES string of the molecule is Cc1nc(CN(C(=O)C2CCC2)C2CC2)cs1. The predicted molar refractivity (Wildman–Crippen MR) is 67.8 cm³/mol. The Kier molecular flexibility index (Phi) is 2.90. The van der Waals surface area contributed by atoms with E-state index >= 15 is 0 Å². The highest BCUT2D eigenvalue weighted by Gasteiger charge is 2.37. The number of thiazole rings is 1. The first-order valence-corrected chi connectivity index (χ1v) is 7.33. The number of aryl methyl sites for hydroxylation is 1. The number of carbonyl (C=O) groups is 1. The summed E-state index contributed by atoms with van der Waals surface area (Å²) in [5, 5.41) is 3.17. The Morgan fingerprint density at radius 1 is 1.47 bits per heavy atom. The summed E-state index contributed by atoms with van der Waals surface area (Å²) in [7, 11) is 0. The second-order valence-corrected chi connectivity index (χ2v) is 6.25. The van der Waals surface area contributed by atoms with Gasteiger partial charge in [-0.1, -0.05) is 6.42 Å². The molecule has 0 unspecified atom stereocenters. The lowest BCUT2D eigenvalue weighted by atomic mass is 9.84. The van der Waals surface area contributed by atoms with E-state index in [9.17, 15) is 4.79 Å². The van der Waals surface area contributed by atoms with Gasteiger partial charge in [-0.25, -0.2) is 4.98 Å². The number of hydrogen-bond donors (Lipinski definition) is 0. The molecule has 2 aliphatic carbocycles. The topological polar surface area (TPSA) is 33.2 Å². The molecular formula is C13H18N2OS. The van der Waals surface area contributed by atoms with Gasteiger partial charge in [0.25, 0.3) is 0 Å². The molecule has 0 aliphatic heterocycles. The molecule has 1 heterocycles. The Morgan fingerprint density at radius 2 is 2.24 bits per heavy atom. The van der Waals surface area contributed by atoms with E-state index in [1.165, 1.54) is 19.3 Å². The number of nitrogens with zero attached hydrogens (tertiary/aromatic N) is 2. The zero-order valence-corrected chi connectivity index (χ0v) is 11.0. The van der Waals surface area contributed by atoms with Crippen LogP contribution in [0.4, 0.5) is 0 Å². The van der Waals surface area contributed by atoms with Crippen molar-refractivity contribution in [2.75, 3.05) is 0 Å². The van der Waals surface area contributed by atoms with E-state index in [-0.39, 0.29) is 0 Å². The molecule has 0 bridgehead atoms. The van der Waals surface area contributed by atoms with Crippen LogP contribution in [0, 0.1) is 12.8 Å². The monoisotopic (exact) mass is 250 g/mol. The van der Waals surface area contributed by atoms with E-state index in [1.54, 1.807) is 11.3 Å². The minimum absolute atomic E-state index is 0.315. The Morgan fingerprint density at radius 3 is 2.71 bits per heavy atom. The molecule has 0 atom stereocenters. The molecule has 3 nitrogen and oxygen atoms in total. The van der Waals surface area contributed by atoms with Crippen LogP contribution in [0.3, 0.4) is 0 Å². The maximum absolute atomic E-state index is 12.3. The van der Waals surface area contributed by atoms with Crippen molar-refractivity contribution < 1.29 is 4.79 Å². The molecule has 2 fully saturated rings. The van der Waals surface area contributed by atoms with Crippen molar-refractivity contribution in [1.29, 1.82) is 0 Å². The van der Waals surface area contributed by atoms with Crippen LogP contribution in [0.5, 0.6) is 0 Å². The minimum atomic E-state index is 0.315. The van der Waals surface area contributed by atoms with Crippen LogP contribution in [0.2, 0.25) is 0 Å². The Balaban J connectivity index is 1.69. The third-order valence-corrected chi connectivity index (χ3v) is 4.55. The summed E-state index contributed by atoms with van der Waals surface area (Å²) in [5.41, 5.74) is 1.06. The van der Waals surface area contributed by atoms with E-state index in [2.05, 4.69) is 15.3 Å². The molecule has 4 heteroatoms. The summed E-state index contributed by atoms with van der Waals surface area (Å²) < 4.78 is 0. The third-order valence-electron chi connectivity index (χ3n) is 3.72. The van der Waals surface area contributed by atoms with E-state index < -0.39 is 0 Å². The van der Waals surface area contributed by atoms with Crippen LogP contribution in [-0.2, 0) is 11.3 Å². The summed E-state index contributed by atoms with van der Waals surface area (Å²) >= 11 is 1.67. The fraction of sp³-hybridized carbons (Fsp3) is 0.692. The van der Waals surface area contributed by atoms with E-state index in [0.29, 0.717) is 17.9 Å². The van der Waals surface area contributed by atoms with Crippen molar-refractivity contribution in [1.82, 2.24) is 9.88 Å². The van der Waals surface area contributed by atoms with Gasteiger partial charge in [0, 0.05) is 17.3 Å². The van der Waals surface area contributed by atoms with Crippen LogP contribution in [0.1, 0.15) is 42.8 Å². The van der Waals surface area contributed by atoms with Crippen LogP contribution >= 0.6 is 11.3 Å². The molecule has 1 amide bonds. The lowest BCUT2D eigenvalue weighted by Crippen LogP contribution is -2.39. The van der Waals surface area contributed by atoms with Crippen molar-refractivity contribution in [3.8, 4) is 0 Å². The molecule has 0 saturated heterocycles. The Bertz CT molecular complexity index is 421. The lowest BCUT2D eigenvalue weighted by molar-refractivity contribution is -0.139. The molecule has 0 spiro atoms. The average molecular weight is 250 g/mol. The zero-order chi connectivity index (χ0) is 11.8. The molecule has 92 valence electrons. The van der Waals surface area contributed by atoms with Crippen LogP contribution in [-0.4, -0.2) is 21.8 Å². The summed E-state index contributed by atoms with van der Waals surface area (Å²) in [6.07, 6.45) is 5.78. The fourth-order valence-electron chi connectivity index (χ4n) is 2.32. The summed E-state index contributed by atoms with van der Waals surface area (Å²) in [6.45, 7) is 2.74. The second-order valence-electron chi connectivity index (χ2n) is 5.18. The molecule has 2 aliphatic rings. The second kappa shape index (κ2) is 4.41. The molecular weight excluding hydrogens is 232 g/mol. The van der Waals surface area contributed by atoms with E-state index in [1.807, 2.05) is 6.92 Å². The third kappa shape index (κ3) is 2.37. The lowest BCUT2D eigenvalue weighted by Gasteiger charge is -2.31. The molecule has 0 N–H and O–H groups in total. The Labute approximate surface area is 106 Å². The molecule has 1 aromatic heterocycles. The van der Waals surface area contributed by atoms with Crippen LogP contribution < -0.4 is 0 Å². The fourth-order valence-corrected chi connectivity index (χ4v) is 2.92. The van der Waals surface area contributed by atoms with Gasteiger partial charge in [-0.3, -0.25) is 4.79 Å². The standard InChI is InChI=1S/C13H18N2OS/c1-9-14-11(8-17-9)7-15(12-5-6-12)13(16)10-3-2-4-10/h8,10,12H,2-7H2,1H3. The molecule has 3 rings (SSSR count). The van der Waals surface area contributed by atoms with Gasteiger partial charge in [0.1, 0.15) is 0 Å². The normalized spacial score (nSPS) is 20.1. The molecule has 17 heavy (non-hydrogen) atoms. The molecule has 2 saturated carbocycles. The van der Waals surface area contributed by atoms with Crippen LogP contribution in [0.25, 0.3) is 0 Å². The van der Waals surface area contributed by atoms with Gasteiger partial charge < -0.3 is 4.90 Å². The van der Waals surface area contributed by atoms with Gasteiger partial charge in [-0.2, -0.15) is 0 Å².